The molecule has 72 valence electrons. The number of carbonyl (C=O) groups excluding carboxylic acids is 1. The number of rotatable bonds is 2. The molecule has 0 aliphatic carbocycles. The molecule has 0 amide bonds. The van der Waals surface area contributed by atoms with E-state index >= 15 is 0 Å². The lowest BCUT2D eigenvalue weighted by Crippen LogP contribution is -1.86. The van der Waals surface area contributed by atoms with Crippen LogP contribution in [0.5, 0.6) is 5.75 Å². The third kappa shape index (κ3) is 1.32. The van der Waals surface area contributed by atoms with Crippen LogP contribution in [0.15, 0.2) is 22.7 Å². The summed E-state index contributed by atoms with van der Waals surface area (Å²) in [6.07, 6.45) is 0.757. The normalized spacial score (nSPS) is 10.4. The Hall–Kier alpha value is -1.29. The lowest BCUT2D eigenvalue weighted by molar-refractivity contribution is 0.111. The first-order valence-corrected chi connectivity index (χ1v) is 4.86. The molecule has 0 saturated heterocycles. The Bertz CT molecular complexity index is 490. The topological polar surface area (TPSA) is 42.1 Å². The van der Waals surface area contributed by atoms with Crippen molar-refractivity contribution < 1.29 is 9.53 Å². The van der Waals surface area contributed by atoms with Gasteiger partial charge in [0.05, 0.1) is 7.11 Å². The Morgan fingerprint density at radius 3 is 2.93 bits per heavy atom. The Labute approximate surface area is 89.2 Å². The van der Waals surface area contributed by atoms with Gasteiger partial charge in [0.15, 0.2) is 12.0 Å². The molecule has 0 radical (unpaired) electrons. The second-order valence-corrected chi connectivity index (χ2v) is 3.80. The van der Waals surface area contributed by atoms with E-state index in [4.69, 9.17) is 4.74 Å². The van der Waals surface area contributed by atoms with Crippen molar-refractivity contribution in [3.05, 3.63) is 28.4 Å². The van der Waals surface area contributed by atoms with Crippen LogP contribution in [-0.4, -0.2) is 18.4 Å². The molecule has 1 aromatic carbocycles. The van der Waals surface area contributed by atoms with Gasteiger partial charge in [0, 0.05) is 15.4 Å². The molecule has 14 heavy (non-hydrogen) atoms. The maximum atomic E-state index is 10.7. The van der Waals surface area contributed by atoms with E-state index in [0.29, 0.717) is 11.4 Å². The van der Waals surface area contributed by atoms with Gasteiger partial charge in [0.25, 0.3) is 0 Å². The molecular weight excluding hydrogens is 246 g/mol. The predicted octanol–water partition coefficient (Wildman–Crippen LogP) is 2.75. The highest BCUT2D eigenvalue weighted by Gasteiger charge is 2.10. The number of halogens is 1. The number of nitrogens with one attached hydrogen (secondary N) is 1. The maximum Gasteiger partial charge on any atom is 0.170 e. The summed E-state index contributed by atoms with van der Waals surface area (Å²) < 4.78 is 6.12. The van der Waals surface area contributed by atoms with Crippen molar-refractivity contribution in [2.45, 2.75) is 0 Å². The number of H-pyrrole nitrogens is 1. The van der Waals surface area contributed by atoms with Gasteiger partial charge >= 0.3 is 0 Å². The molecule has 1 heterocycles. The zero-order valence-electron chi connectivity index (χ0n) is 7.50. The third-order valence-electron chi connectivity index (χ3n) is 2.06. The molecule has 0 aliphatic heterocycles. The molecule has 3 nitrogen and oxygen atoms in total. The van der Waals surface area contributed by atoms with Crippen LogP contribution < -0.4 is 4.74 Å². The fraction of sp³-hybridized carbons (Fsp3) is 0.100. The number of hydrogen-bond donors (Lipinski definition) is 1. The predicted molar refractivity (Wildman–Crippen MR) is 57.9 cm³/mol. The van der Waals surface area contributed by atoms with Crippen molar-refractivity contribution in [1.29, 1.82) is 0 Å². The van der Waals surface area contributed by atoms with Gasteiger partial charge < -0.3 is 9.72 Å². The van der Waals surface area contributed by atoms with Gasteiger partial charge in [-0.15, -0.1) is 0 Å². The maximum absolute atomic E-state index is 10.7. The Kier molecular flexibility index (Phi) is 2.29. The van der Waals surface area contributed by atoms with Crippen molar-refractivity contribution in [3.8, 4) is 5.75 Å². The molecule has 0 bridgehead atoms. The molecule has 0 atom stereocenters. The van der Waals surface area contributed by atoms with Gasteiger partial charge in [-0.2, -0.15) is 0 Å². The lowest BCUT2D eigenvalue weighted by atomic mass is 10.2. The van der Waals surface area contributed by atoms with Crippen LogP contribution in [0.3, 0.4) is 0 Å². The SMILES string of the molecule is COc1c(C=O)[nH]c2ccc(Br)cc12. The number of aromatic nitrogens is 1. The number of ether oxygens (including phenoxy) is 1. The van der Waals surface area contributed by atoms with Crippen LogP contribution in [0.2, 0.25) is 0 Å². The number of hydrogen-bond acceptors (Lipinski definition) is 2. The molecule has 0 fully saturated rings. The molecule has 2 aromatic rings. The quantitative estimate of drug-likeness (QED) is 0.837. The van der Waals surface area contributed by atoms with Gasteiger partial charge in [0.2, 0.25) is 0 Å². The van der Waals surface area contributed by atoms with Crippen LogP contribution in [0.1, 0.15) is 10.5 Å². The summed E-state index contributed by atoms with van der Waals surface area (Å²) >= 11 is 3.37. The minimum absolute atomic E-state index is 0.473. The summed E-state index contributed by atoms with van der Waals surface area (Å²) in [5.74, 6) is 0.594. The van der Waals surface area contributed by atoms with Crippen molar-refractivity contribution in [2.24, 2.45) is 0 Å². The summed E-state index contributed by atoms with van der Waals surface area (Å²) in [5.41, 5.74) is 1.37. The van der Waals surface area contributed by atoms with Crippen LogP contribution >= 0.6 is 15.9 Å². The number of methoxy groups -OCH3 is 1. The monoisotopic (exact) mass is 253 g/mol. The number of aromatic amines is 1. The van der Waals surface area contributed by atoms with E-state index in [0.717, 1.165) is 21.7 Å². The van der Waals surface area contributed by atoms with E-state index in [1.165, 1.54) is 0 Å². The van der Waals surface area contributed by atoms with E-state index in [1.807, 2.05) is 18.2 Å². The molecule has 4 heteroatoms. The zero-order valence-corrected chi connectivity index (χ0v) is 9.09. The minimum atomic E-state index is 0.473. The van der Waals surface area contributed by atoms with Gasteiger partial charge in [-0.05, 0) is 18.2 Å². The average molecular weight is 254 g/mol. The summed E-state index contributed by atoms with van der Waals surface area (Å²) in [4.78, 5) is 13.7. The fourth-order valence-electron chi connectivity index (χ4n) is 1.46. The van der Waals surface area contributed by atoms with Gasteiger partial charge in [0.1, 0.15) is 5.69 Å². The highest BCUT2D eigenvalue weighted by atomic mass is 79.9. The van der Waals surface area contributed by atoms with Crippen molar-refractivity contribution in [3.63, 3.8) is 0 Å². The standard InChI is InChI=1S/C10H8BrNO2/c1-14-10-7-4-6(11)2-3-8(7)12-9(10)5-13/h2-5,12H,1H3. The van der Waals surface area contributed by atoms with Crippen LogP contribution in [0, 0.1) is 0 Å². The molecule has 0 unspecified atom stereocenters. The second-order valence-electron chi connectivity index (χ2n) is 2.88. The van der Waals surface area contributed by atoms with Crippen molar-refractivity contribution in [1.82, 2.24) is 4.98 Å². The fourth-order valence-corrected chi connectivity index (χ4v) is 1.82. The molecule has 0 spiro atoms. The van der Waals surface area contributed by atoms with Crippen LogP contribution in [0.4, 0.5) is 0 Å². The Balaban J connectivity index is 2.81. The van der Waals surface area contributed by atoms with Gasteiger partial charge in [-0.25, -0.2) is 0 Å². The van der Waals surface area contributed by atoms with Gasteiger partial charge in [-0.1, -0.05) is 15.9 Å². The first-order chi connectivity index (χ1) is 6.76. The third-order valence-corrected chi connectivity index (χ3v) is 2.56. The molecule has 2 rings (SSSR count). The van der Waals surface area contributed by atoms with E-state index in [1.54, 1.807) is 7.11 Å². The number of aldehydes is 1. The Morgan fingerprint density at radius 2 is 2.29 bits per heavy atom. The summed E-state index contributed by atoms with van der Waals surface area (Å²) in [6, 6.07) is 5.72. The van der Waals surface area contributed by atoms with Crippen molar-refractivity contribution in [2.75, 3.05) is 7.11 Å². The van der Waals surface area contributed by atoms with E-state index in [2.05, 4.69) is 20.9 Å². The lowest BCUT2D eigenvalue weighted by Gasteiger charge is -1.97. The van der Waals surface area contributed by atoms with E-state index < -0.39 is 0 Å². The van der Waals surface area contributed by atoms with E-state index in [-0.39, 0.29) is 0 Å². The molecular formula is C10H8BrNO2. The number of benzene rings is 1. The molecule has 0 aliphatic rings. The largest absolute Gasteiger partial charge is 0.494 e. The number of carbonyl (C=O) groups is 1. The molecule has 1 aromatic heterocycles. The smallest absolute Gasteiger partial charge is 0.170 e. The first kappa shape index (κ1) is 9.27. The van der Waals surface area contributed by atoms with Gasteiger partial charge in [-0.3, -0.25) is 4.79 Å². The zero-order chi connectivity index (χ0) is 10.1. The Morgan fingerprint density at radius 1 is 1.50 bits per heavy atom. The first-order valence-electron chi connectivity index (χ1n) is 4.06. The summed E-state index contributed by atoms with van der Waals surface area (Å²) in [5, 5.41) is 0.906. The number of fused-ring (bicyclic) bond motifs is 1. The average Bonchev–Trinajstić information content (AvgIpc) is 2.54. The molecule has 0 saturated carbocycles. The molecule has 1 N–H and O–H groups in total. The highest BCUT2D eigenvalue weighted by Crippen LogP contribution is 2.30. The summed E-state index contributed by atoms with van der Waals surface area (Å²) in [7, 11) is 1.55. The summed E-state index contributed by atoms with van der Waals surface area (Å²) in [6.45, 7) is 0. The second kappa shape index (κ2) is 3.46. The minimum Gasteiger partial charge on any atom is -0.494 e. The van der Waals surface area contributed by atoms with Crippen molar-refractivity contribution >= 4 is 33.1 Å². The van der Waals surface area contributed by atoms with Crippen LogP contribution in [-0.2, 0) is 0 Å². The van der Waals surface area contributed by atoms with E-state index in [9.17, 15) is 4.79 Å². The van der Waals surface area contributed by atoms with Crippen LogP contribution in [0.25, 0.3) is 10.9 Å². The highest BCUT2D eigenvalue weighted by molar-refractivity contribution is 9.10.